The van der Waals surface area contributed by atoms with Crippen molar-refractivity contribution in [1.29, 1.82) is 0 Å². The van der Waals surface area contributed by atoms with Crippen LogP contribution in [0, 0.1) is 5.92 Å². The van der Waals surface area contributed by atoms with Crippen molar-refractivity contribution < 1.29 is 23.8 Å². The molecule has 0 N–H and O–H groups in total. The summed E-state index contributed by atoms with van der Waals surface area (Å²) in [6.45, 7) is 4.88. The van der Waals surface area contributed by atoms with E-state index in [4.69, 9.17) is 14.2 Å². The number of amides is 2. The van der Waals surface area contributed by atoms with Crippen LogP contribution in [0.15, 0.2) is 24.3 Å². The Balaban J connectivity index is 1.32. The van der Waals surface area contributed by atoms with Crippen LogP contribution < -0.4 is 9.64 Å². The number of piperidine rings is 1. The van der Waals surface area contributed by atoms with Gasteiger partial charge in [0.1, 0.15) is 5.75 Å². The van der Waals surface area contributed by atoms with Gasteiger partial charge in [0, 0.05) is 32.0 Å². The highest BCUT2D eigenvalue weighted by molar-refractivity contribution is 6.00. The van der Waals surface area contributed by atoms with Crippen LogP contribution in [0.4, 0.5) is 5.69 Å². The van der Waals surface area contributed by atoms with Gasteiger partial charge >= 0.3 is 0 Å². The van der Waals surface area contributed by atoms with Crippen LogP contribution in [0.3, 0.4) is 0 Å². The maximum atomic E-state index is 12.7. The Morgan fingerprint density at radius 1 is 1.15 bits per heavy atom. The minimum absolute atomic E-state index is 0.0890. The predicted molar refractivity (Wildman–Crippen MR) is 98.5 cm³/mol. The summed E-state index contributed by atoms with van der Waals surface area (Å²) in [5.74, 6) is 1.04. The van der Waals surface area contributed by atoms with E-state index in [-0.39, 0.29) is 18.1 Å². The second-order valence-electron chi connectivity index (χ2n) is 7.30. The average Bonchev–Trinajstić information content (AvgIpc) is 3.23. The molecule has 27 heavy (non-hydrogen) atoms. The molecular formula is C20H26N2O5. The van der Waals surface area contributed by atoms with Gasteiger partial charge in [-0.1, -0.05) is 12.1 Å². The van der Waals surface area contributed by atoms with Crippen molar-refractivity contribution >= 4 is 17.5 Å². The summed E-state index contributed by atoms with van der Waals surface area (Å²) in [5, 5.41) is 0. The second-order valence-corrected chi connectivity index (χ2v) is 7.30. The number of hydrogen-bond donors (Lipinski definition) is 0. The van der Waals surface area contributed by atoms with Crippen molar-refractivity contribution in [1.82, 2.24) is 4.90 Å². The van der Waals surface area contributed by atoms with E-state index in [1.54, 1.807) is 11.8 Å². The Morgan fingerprint density at radius 2 is 1.85 bits per heavy atom. The highest BCUT2D eigenvalue weighted by Crippen LogP contribution is 2.34. The van der Waals surface area contributed by atoms with Gasteiger partial charge in [-0.2, -0.15) is 0 Å². The Hall–Kier alpha value is -2.12. The summed E-state index contributed by atoms with van der Waals surface area (Å²) < 4.78 is 16.8. The summed E-state index contributed by atoms with van der Waals surface area (Å²) in [5.41, 5.74) is 0.739. The zero-order chi connectivity index (χ0) is 18.8. The first kappa shape index (κ1) is 18.3. The third-order valence-electron chi connectivity index (χ3n) is 5.55. The molecule has 0 aromatic heterocycles. The minimum Gasteiger partial charge on any atom is -0.479 e. The Morgan fingerprint density at radius 3 is 2.59 bits per heavy atom. The second kappa shape index (κ2) is 7.86. The SMILES string of the molecule is CC1Oc2ccccc2N(CCC(=O)N2CCC(C3OCCO3)CC2)C1=O. The van der Waals surface area contributed by atoms with Gasteiger partial charge < -0.3 is 24.0 Å². The number of fused-ring (bicyclic) bond motifs is 1. The highest BCUT2D eigenvalue weighted by atomic mass is 16.7. The fraction of sp³-hybridized carbons (Fsp3) is 0.600. The van der Waals surface area contributed by atoms with Crippen molar-refractivity contribution in [2.75, 3.05) is 37.7 Å². The van der Waals surface area contributed by atoms with Gasteiger partial charge in [-0.15, -0.1) is 0 Å². The van der Waals surface area contributed by atoms with E-state index in [9.17, 15) is 9.59 Å². The summed E-state index contributed by atoms with van der Waals surface area (Å²) in [7, 11) is 0. The molecule has 2 saturated heterocycles. The zero-order valence-electron chi connectivity index (χ0n) is 15.6. The predicted octanol–water partition coefficient (Wildman–Crippen LogP) is 1.80. The number of nitrogens with zero attached hydrogens (tertiary/aromatic N) is 2. The molecule has 0 saturated carbocycles. The van der Waals surface area contributed by atoms with Crippen molar-refractivity contribution in [3.63, 3.8) is 0 Å². The lowest BCUT2D eigenvalue weighted by Gasteiger charge is -2.35. The fourth-order valence-corrected chi connectivity index (χ4v) is 4.02. The number of ether oxygens (including phenoxy) is 3. The van der Waals surface area contributed by atoms with E-state index in [1.807, 2.05) is 29.2 Å². The third kappa shape index (κ3) is 3.80. The van der Waals surface area contributed by atoms with Crippen LogP contribution in [0.2, 0.25) is 0 Å². The van der Waals surface area contributed by atoms with Gasteiger partial charge in [-0.05, 0) is 31.9 Å². The van der Waals surface area contributed by atoms with E-state index in [0.29, 0.717) is 37.8 Å². The molecule has 0 spiro atoms. The van der Waals surface area contributed by atoms with Crippen LogP contribution >= 0.6 is 0 Å². The lowest BCUT2D eigenvalue weighted by Crippen LogP contribution is -2.47. The van der Waals surface area contributed by atoms with Gasteiger partial charge in [-0.25, -0.2) is 0 Å². The molecule has 3 aliphatic rings. The lowest BCUT2D eigenvalue weighted by molar-refractivity contribution is -0.136. The molecule has 2 amide bonds. The molecule has 3 aliphatic heterocycles. The fourth-order valence-electron chi connectivity index (χ4n) is 4.02. The van der Waals surface area contributed by atoms with Crippen molar-refractivity contribution in [2.24, 2.45) is 5.92 Å². The Labute approximate surface area is 159 Å². The summed E-state index contributed by atoms with van der Waals surface area (Å²) in [6, 6.07) is 7.46. The Kier molecular flexibility index (Phi) is 5.31. The van der Waals surface area contributed by atoms with Gasteiger partial charge in [0.2, 0.25) is 5.91 Å². The molecular weight excluding hydrogens is 348 g/mol. The molecule has 3 heterocycles. The third-order valence-corrected chi connectivity index (χ3v) is 5.55. The Bertz CT molecular complexity index is 695. The first-order valence-corrected chi connectivity index (χ1v) is 9.71. The molecule has 0 bridgehead atoms. The van der Waals surface area contributed by atoms with Crippen LogP contribution in [-0.2, 0) is 19.1 Å². The molecule has 7 nitrogen and oxygen atoms in total. The molecule has 2 fully saturated rings. The van der Waals surface area contributed by atoms with Gasteiger partial charge in [0.25, 0.3) is 5.91 Å². The van der Waals surface area contributed by atoms with Crippen LogP contribution in [0.25, 0.3) is 0 Å². The van der Waals surface area contributed by atoms with E-state index < -0.39 is 6.10 Å². The van der Waals surface area contributed by atoms with Gasteiger partial charge in [-0.3, -0.25) is 9.59 Å². The minimum atomic E-state index is -0.530. The van der Waals surface area contributed by atoms with Crippen molar-refractivity contribution in [3.8, 4) is 5.75 Å². The van der Waals surface area contributed by atoms with E-state index in [0.717, 1.165) is 31.6 Å². The maximum absolute atomic E-state index is 12.7. The number of carbonyl (C=O) groups is 2. The van der Waals surface area contributed by atoms with Crippen LogP contribution in [-0.4, -0.2) is 62.0 Å². The molecule has 0 aliphatic carbocycles. The topological polar surface area (TPSA) is 68.3 Å². The molecule has 0 radical (unpaired) electrons. The molecule has 1 unspecified atom stereocenters. The number of carbonyl (C=O) groups excluding carboxylic acids is 2. The number of rotatable bonds is 4. The van der Waals surface area contributed by atoms with Crippen LogP contribution in [0.5, 0.6) is 5.75 Å². The van der Waals surface area contributed by atoms with Crippen LogP contribution in [0.1, 0.15) is 26.2 Å². The molecule has 1 aromatic rings. The van der Waals surface area contributed by atoms with E-state index in [2.05, 4.69) is 0 Å². The molecule has 146 valence electrons. The monoisotopic (exact) mass is 374 g/mol. The summed E-state index contributed by atoms with van der Waals surface area (Å²) in [6.07, 6.45) is 1.47. The summed E-state index contributed by atoms with van der Waals surface area (Å²) in [4.78, 5) is 28.7. The number of benzene rings is 1. The smallest absolute Gasteiger partial charge is 0.267 e. The van der Waals surface area contributed by atoms with Gasteiger partial charge in [0.05, 0.1) is 18.9 Å². The first-order valence-electron chi connectivity index (χ1n) is 9.71. The standard InChI is InChI=1S/C20H26N2O5/c1-14-19(24)22(16-4-2-3-5-17(16)27-14)11-8-18(23)21-9-6-15(7-10-21)20-25-12-13-26-20/h2-5,14-15,20H,6-13H2,1H3. The van der Waals surface area contributed by atoms with Crippen molar-refractivity contribution in [2.45, 2.75) is 38.6 Å². The van der Waals surface area contributed by atoms with Crippen molar-refractivity contribution in [3.05, 3.63) is 24.3 Å². The average molecular weight is 374 g/mol. The first-order chi connectivity index (χ1) is 13.1. The number of para-hydroxylation sites is 2. The van der Waals surface area contributed by atoms with E-state index >= 15 is 0 Å². The number of hydrogen-bond acceptors (Lipinski definition) is 5. The molecule has 7 heteroatoms. The molecule has 1 atom stereocenters. The maximum Gasteiger partial charge on any atom is 0.267 e. The quantitative estimate of drug-likeness (QED) is 0.804. The van der Waals surface area contributed by atoms with Gasteiger partial charge in [0.15, 0.2) is 12.4 Å². The highest BCUT2D eigenvalue weighted by Gasteiger charge is 2.34. The summed E-state index contributed by atoms with van der Waals surface area (Å²) >= 11 is 0. The molecule has 1 aromatic carbocycles. The molecule has 4 rings (SSSR count). The number of likely N-dealkylation sites (tertiary alicyclic amines) is 1. The normalized spacial score (nSPS) is 24.0. The van der Waals surface area contributed by atoms with E-state index in [1.165, 1.54) is 0 Å². The lowest BCUT2D eigenvalue weighted by atomic mass is 9.96. The number of anilines is 1. The zero-order valence-corrected chi connectivity index (χ0v) is 15.6. The largest absolute Gasteiger partial charge is 0.479 e.